The van der Waals surface area contributed by atoms with Gasteiger partial charge in [-0.1, -0.05) is 37.8 Å². The smallest absolute Gasteiger partial charge is 0.407 e. The monoisotopic (exact) mass is 330 g/mol. The standard InChI is InChI=1S/C18H22N2O4/c1-19(18(23)24)13(10-12-6-2-3-7-12)11-20-16(21)14-8-4-5-9-15(14)17(20)22/h4-5,8-9,12-13H,2-3,6-7,10-11H2,1H3,(H,23,24). The molecule has 1 fully saturated rings. The lowest BCUT2D eigenvalue weighted by Crippen LogP contribution is -2.47. The van der Waals surface area contributed by atoms with E-state index in [1.807, 2.05) is 0 Å². The van der Waals surface area contributed by atoms with Crippen LogP contribution >= 0.6 is 0 Å². The van der Waals surface area contributed by atoms with Crippen LogP contribution < -0.4 is 0 Å². The summed E-state index contributed by atoms with van der Waals surface area (Å²) >= 11 is 0. The number of fused-ring (bicyclic) bond motifs is 1. The number of carboxylic acid groups (broad SMARTS) is 1. The van der Waals surface area contributed by atoms with E-state index in [1.54, 1.807) is 24.3 Å². The van der Waals surface area contributed by atoms with Crippen molar-refractivity contribution in [1.29, 1.82) is 0 Å². The lowest BCUT2D eigenvalue weighted by molar-refractivity contribution is 0.0580. The van der Waals surface area contributed by atoms with Gasteiger partial charge in [0.05, 0.1) is 17.2 Å². The molecule has 0 spiro atoms. The van der Waals surface area contributed by atoms with Gasteiger partial charge in [0, 0.05) is 13.6 Å². The third-order valence-electron chi connectivity index (χ3n) is 5.20. The predicted molar refractivity (Wildman–Crippen MR) is 88.0 cm³/mol. The van der Waals surface area contributed by atoms with E-state index in [9.17, 15) is 19.5 Å². The van der Waals surface area contributed by atoms with Crippen LogP contribution in [0.15, 0.2) is 24.3 Å². The molecule has 0 saturated heterocycles. The number of rotatable bonds is 5. The maximum absolute atomic E-state index is 12.5. The maximum Gasteiger partial charge on any atom is 0.407 e. The number of hydrogen-bond donors (Lipinski definition) is 1. The first-order valence-electron chi connectivity index (χ1n) is 8.40. The van der Waals surface area contributed by atoms with E-state index in [0.717, 1.165) is 12.8 Å². The zero-order chi connectivity index (χ0) is 17.3. The number of benzene rings is 1. The summed E-state index contributed by atoms with van der Waals surface area (Å²) in [5.41, 5.74) is 0.806. The van der Waals surface area contributed by atoms with Crippen LogP contribution in [0.4, 0.5) is 4.79 Å². The summed E-state index contributed by atoms with van der Waals surface area (Å²) in [5.74, 6) is -0.191. The first kappa shape index (κ1) is 16.5. The molecule has 2 aliphatic rings. The number of carbonyl (C=O) groups is 3. The summed E-state index contributed by atoms with van der Waals surface area (Å²) in [6.45, 7) is 0.117. The minimum Gasteiger partial charge on any atom is -0.465 e. The Kier molecular flexibility index (Phi) is 4.55. The van der Waals surface area contributed by atoms with Crippen LogP contribution in [0.1, 0.15) is 52.8 Å². The van der Waals surface area contributed by atoms with Gasteiger partial charge in [0.15, 0.2) is 0 Å². The lowest BCUT2D eigenvalue weighted by atomic mass is 9.97. The van der Waals surface area contributed by atoms with E-state index in [-0.39, 0.29) is 24.4 Å². The Morgan fingerprint density at radius 3 is 2.25 bits per heavy atom. The molecule has 1 aromatic rings. The summed E-state index contributed by atoms with van der Waals surface area (Å²) in [6.07, 6.45) is 4.17. The second-order valence-electron chi connectivity index (χ2n) is 6.70. The minimum absolute atomic E-state index is 0.117. The first-order chi connectivity index (χ1) is 11.5. The summed E-state index contributed by atoms with van der Waals surface area (Å²) in [5, 5.41) is 9.34. The molecule has 1 N–H and O–H groups in total. The molecule has 1 aliphatic carbocycles. The highest BCUT2D eigenvalue weighted by molar-refractivity contribution is 6.21. The largest absolute Gasteiger partial charge is 0.465 e. The molecule has 0 aromatic heterocycles. The number of imide groups is 1. The van der Waals surface area contributed by atoms with Crippen molar-refractivity contribution in [2.45, 2.75) is 38.1 Å². The molecule has 0 radical (unpaired) electrons. The van der Waals surface area contributed by atoms with Crippen LogP contribution in [0.2, 0.25) is 0 Å². The molecule has 1 saturated carbocycles. The van der Waals surface area contributed by atoms with Gasteiger partial charge in [-0.15, -0.1) is 0 Å². The van der Waals surface area contributed by atoms with Gasteiger partial charge in [-0.2, -0.15) is 0 Å². The van der Waals surface area contributed by atoms with Crippen molar-refractivity contribution < 1.29 is 19.5 Å². The van der Waals surface area contributed by atoms with Gasteiger partial charge in [0.25, 0.3) is 11.8 Å². The zero-order valence-electron chi connectivity index (χ0n) is 13.8. The molecule has 1 unspecified atom stereocenters. The number of hydrogen-bond acceptors (Lipinski definition) is 3. The Morgan fingerprint density at radius 1 is 1.21 bits per heavy atom. The summed E-state index contributed by atoms with van der Waals surface area (Å²) in [6, 6.07) is 6.37. The van der Waals surface area contributed by atoms with E-state index in [2.05, 4.69) is 0 Å². The number of likely N-dealkylation sites (N-methyl/N-ethyl adjacent to an activating group) is 1. The van der Waals surface area contributed by atoms with Gasteiger partial charge in [-0.25, -0.2) is 4.79 Å². The third-order valence-corrected chi connectivity index (χ3v) is 5.20. The first-order valence-corrected chi connectivity index (χ1v) is 8.40. The van der Waals surface area contributed by atoms with Gasteiger partial charge in [0.1, 0.15) is 0 Å². The van der Waals surface area contributed by atoms with Crippen molar-refractivity contribution in [3.8, 4) is 0 Å². The van der Waals surface area contributed by atoms with Crippen LogP contribution in [0, 0.1) is 5.92 Å². The van der Waals surface area contributed by atoms with Crippen LogP contribution in [-0.4, -0.2) is 52.4 Å². The van der Waals surface area contributed by atoms with Crippen molar-refractivity contribution in [3.63, 3.8) is 0 Å². The molecule has 1 atom stereocenters. The van der Waals surface area contributed by atoms with E-state index in [4.69, 9.17) is 0 Å². The van der Waals surface area contributed by atoms with Crippen LogP contribution in [0.25, 0.3) is 0 Å². The Labute approximate surface area is 141 Å². The fourth-order valence-corrected chi connectivity index (χ4v) is 3.76. The minimum atomic E-state index is -1.03. The SMILES string of the molecule is CN(C(=O)O)C(CC1CCCC1)CN1C(=O)c2ccccc2C1=O. The van der Waals surface area contributed by atoms with E-state index in [1.165, 1.54) is 29.7 Å². The van der Waals surface area contributed by atoms with Crippen molar-refractivity contribution in [1.82, 2.24) is 9.80 Å². The fourth-order valence-electron chi connectivity index (χ4n) is 3.76. The topological polar surface area (TPSA) is 77.9 Å². The predicted octanol–water partition coefficient (Wildman–Crippen LogP) is 2.84. The Hall–Kier alpha value is -2.37. The van der Waals surface area contributed by atoms with E-state index < -0.39 is 6.09 Å². The lowest BCUT2D eigenvalue weighted by Gasteiger charge is -2.30. The van der Waals surface area contributed by atoms with Gasteiger partial charge in [-0.3, -0.25) is 14.5 Å². The zero-order valence-corrected chi connectivity index (χ0v) is 13.8. The molecule has 6 heteroatoms. The molecule has 128 valence electrons. The molecule has 1 aliphatic heterocycles. The van der Waals surface area contributed by atoms with Crippen molar-refractivity contribution in [2.75, 3.05) is 13.6 Å². The van der Waals surface area contributed by atoms with Crippen LogP contribution in [-0.2, 0) is 0 Å². The summed E-state index contributed by atoms with van der Waals surface area (Å²) in [4.78, 5) is 38.9. The van der Waals surface area contributed by atoms with Crippen molar-refractivity contribution in [3.05, 3.63) is 35.4 Å². The molecule has 1 aromatic carbocycles. The molecule has 0 bridgehead atoms. The van der Waals surface area contributed by atoms with Gasteiger partial charge < -0.3 is 10.0 Å². The quantitative estimate of drug-likeness (QED) is 0.842. The van der Waals surface area contributed by atoms with E-state index >= 15 is 0 Å². The number of amides is 3. The van der Waals surface area contributed by atoms with Crippen molar-refractivity contribution in [2.24, 2.45) is 5.92 Å². The molecule has 3 amide bonds. The Balaban J connectivity index is 1.78. The maximum atomic E-state index is 12.5. The molecule has 1 heterocycles. The number of nitrogens with zero attached hydrogens (tertiary/aromatic N) is 2. The average Bonchev–Trinajstić information content (AvgIpc) is 3.16. The second-order valence-corrected chi connectivity index (χ2v) is 6.70. The van der Waals surface area contributed by atoms with Gasteiger partial charge in [-0.05, 0) is 24.5 Å². The highest BCUT2D eigenvalue weighted by Gasteiger charge is 2.38. The van der Waals surface area contributed by atoms with E-state index in [0.29, 0.717) is 23.5 Å². The molecule has 3 rings (SSSR count). The third kappa shape index (κ3) is 3.00. The van der Waals surface area contributed by atoms with Gasteiger partial charge >= 0.3 is 6.09 Å². The average molecular weight is 330 g/mol. The fraction of sp³-hybridized carbons (Fsp3) is 0.500. The molecular weight excluding hydrogens is 308 g/mol. The molecule has 6 nitrogen and oxygen atoms in total. The number of carbonyl (C=O) groups excluding carboxylic acids is 2. The highest BCUT2D eigenvalue weighted by atomic mass is 16.4. The van der Waals surface area contributed by atoms with Crippen molar-refractivity contribution >= 4 is 17.9 Å². The summed E-state index contributed by atoms with van der Waals surface area (Å²) < 4.78 is 0. The van der Waals surface area contributed by atoms with Gasteiger partial charge in [0.2, 0.25) is 0 Å². The second kappa shape index (κ2) is 6.63. The molecular formula is C18H22N2O4. The van der Waals surface area contributed by atoms with Crippen LogP contribution in [0.5, 0.6) is 0 Å². The van der Waals surface area contributed by atoms with Crippen LogP contribution in [0.3, 0.4) is 0 Å². The molecule has 24 heavy (non-hydrogen) atoms. The normalized spacial score (nSPS) is 18.8. The summed E-state index contributed by atoms with van der Waals surface area (Å²) in [7, 11) is 1.51. The highest BCUT2D eigenvalue weighted by Crippen LogP contribution is 2.31. The Morgan fingerprint density at radius 2 is 1.75 bits per heavy atom. The Bertz CT molecular complexity index is 632.